The number of benzene rings is 4. The van der Waals surface area contributed by atoms with E-state index in [-0.39, 0.29) is 22.7 Å². The molecule has 4 aromatic rings. The first-order valence-electron chi connectivity index (χ1n) is 9.28. The Morgan fingerprint density at radius 1 is 0.800 bits per heavy atom. The molecule has 1 N–H and O–H groups in total. The maximum absolute atomic E-state index is 13.1. The molecule has 0 spiro atoms. The summed E-state index contributed by atoms with van der Waals surface area (Å²) < 4.78 is 10.9. The van der Waals surface area contributed by atoms with E-state index in [2.05, 4.69) is 0 Å². The lowest BCUT2D eigenvalue weighted by Crippen LogP contribution is -2.15. The minimum Gasteiger partial charge on any atom is -0.508 e. The summed E-state index contributed by atoms with van der Waals surface area (Å²) in [5.41, 5.74) is 0.618. The van der Waals surface area contributed by atoms with Crippen LogP contribution < -0.4 is 9.47 Å². The molecule has 0 amide bonds. The highest BCUT2D eigenvalue weighted by atomic mass is 16.5. The van der Waals surface area contributed by atoms with Crippen LogP contribution in [0.1, 0.15) is 26.3 Å². The number of rotatable bonds is 5. The standard InChI is InChI=1S/C25H18O5/c1-29-19-13-14-21(22(15-19)24(27)17-9-11-18(26)12-10-17)25(28)30-23-8-4-6-16-5-2-3-7-20(16)23/h2-15,26H,1H3. The van der Waals surface area contributed by atoms with Crippen molar-refractivity contribution in [3.05, 3.63) is 102 Å². The van der Waals surface area contributed by atoms with Crippen LogP contribution in [0.25, 0.3) is 10.8 Å². The van der Waals surface area contributed by atoms with Crippen molar-refractivity contribution in [1.29, 1.82) is 0 Å². The second-order valence-corrected chi connectivity index (χ2v) is 6.65. The van der Waals surface area contributed by atoms with Gasteiger partial charge in [0.25, 0.3) is 0 Å². The number of phenolic OH excluding ortho intramolecular Hbond substituents is 1. The quantitative estimate of drug-likeness (QED) is 0.291. The molecule has 0 aliphatic heterocycles. The summed E-state index contributed by atoms with van der Waals surface area (Å²) in [5.74, 6) is -0.113. The van der Waals surface area contributed by atoms with Gasteiger partial charge in [0.05, 0.1) is 12.7 Å². The molecule has 0 bridgehead atoms. The summed E-state index contributed by atoms with van der Waals surface area (Å²) >= 11 is 0. The number of ketones is 1. The Hall–Kier alpha value is -4.12. The SMILES string of the molecule is COc1ccc(C(=O)Oc2cccc3ccccc23)c(C(=O)c2ccc(O)cc2)c1. The summed E-state index contributed by atoms with van der Waals surface area (Å²) in [5, 5.41) is 11.2. The fourth-order valence-corrected chi connectivity index (χ4v) is 3.22. The number of hydrogen-bond donors (Lipinski definition) is 1. The molecule has 4 rings (SSSR count). The lowest BCUT2D eigenvalue weighted by molar-refractivity contribution is 0.0732. The van der Waals surface area contributed by atoms with Crippen LogP contribution in [-0.4, -0.2) is 24.0 Å². The van der Waals surface area contributed by atoms with Crippen molar-refractivity contribution in [3.8, 4) is 17.2 Å². The molecular weight excluding hydrogens is 380 g/mol. The molecule has 4 aromatic carbocycles. The molecule has 0 saturated heterocycles. The van der Waals surface area contributed by atoms with Crippen LogP contribution in [0, 0.1) is 0 Å². The number of fused-ring (bicyclic) bond motifs is 1. The average molecular weight is 398 g/mol. The van der Waals surface area contributed by atoms with Gasteiger partial charge in [-0.15, -0.1) is 0 Å². The van der Waals surface area contributed by atoms with E-state index in [4.69, 9.17) is 9.47 Å². The van der Waals surface area contributed by atoms with Gasteiger partial charge in [-0.3, -0.25) is 4.79 Å². The number of carbonyl (C=O) groups is 2. The average Bonchev–Trinajstić information content (AvgIpc) is 2.79. The van der Waals surface area contributed by atoms with Gasteiger partial charge in [-0.05, 0) is 53.9 Å². The maximum Gasteiger partial charge on any atom is 0.344 e. The van der Waals surface area contributed by atoms with E-state index in [0.717, 1.165) is 10.8 Å². The molecule has 5 heteroatoms. The highest BCUT2D eigenvalue weighted by Crippen LogP contribution is 2.28. The highest BCUT2D eigenvalue weighted by Gasteiger charge is 2.21. The van der Waals surface area contributed by atoms with E-state index < -0.39 is 5.97 Å². The van der Waals surface area contributed by atoms with Crippen LogP contribution in [0.5, 0.6) is 17.2 Å². The third-order valence-corrected chi connectivity index (χ3v) is 4.77. The zero-order valence-corrected chi connectivity index (χ0v) is 16.2. The van der Waals surface area contributed by atoms with E-state index in [1.54, 1.807) is 12.1 Å². The molecule has 0 aliphatic rings. The highest BCUT2D eigenvalue weighted by molar-refractivity contribution is 6.15. The van der Waals surface area contributed by atoms with E-state index in [9.17, 15) is 14.7 Å². The minimum atomic E-state index is -0.642. The van der Waals surface area contributed by atoms with Crippen molar-refractivity contribution in [2.45, 2.75) is 0 Å². The smallest absolute Gasteiger partial charge is 0.344 e. The monoisotopic (exact) mass is 398 g/mol. The zero-order valence-electron chi connectivity index (χ0n) is 16.2. The van der Waals surface area contributed by atoms with E-state index >= 15 is 0 Å². The fourth-order valence-electron chi connectivity index (χ4n) is 3.22. The molecule has 0 fully saturated rings. The van der Waals surface area contributed by atoms with Crippen molar-refractivity contribution in [2.24, 2.45) is 0 Å². The Morgan fingerprint density at radius 2 is 1.53 bits per heavy atom. The lowest BCUT2D eigenvalue weighted by atomic mass is 9.98. The first-order valence-corrected chi connectivity index (χ1v) is 9.28. The van der Waals surface area contributed by atoms with E-state index in [1.807, 2.05) is 36.4 Å². The zero-order chi connectivity index (χ0) is 21.1. The first kappa shape index (κ1) is 19.2. The van der Waals surface area contributed by atoms with Gasteiger partial charge < -0.3 is 14.6 Å². The van der Waals surface area contributed by atoms with Gasteiger partial charge in [-0.25, -0.2) is 4.79 Å². The predicted molar refractivity (Wildman–Crippen MR) is 113 cm³/mol. The van der Waals surface area contributed by atoms with Gasteiger partial charge in [-0.1, -0.05) is 36.4 Å². The molecule has 0 unspecified atom stereocenters. The molecule has 0 aromatic heterocycles. The Bertz CT molecular complexity index is 1240. The normalized spacial score (nSPS) is 10.6. The largest absolute Gasteiger partial charge is 0.508 e. The van der Waals surface area contributed by atoms with Gasteiger partial charge in [0, 0.05) is 16.5 Å². The number of methoxy groups -OCH3 is 1. The fraction of sp³-hybridized carbons (Fsp3) is 0.0400. The van der Waals surface area contributed by atoms with Crippen molar-refractivity contribution in [1.82, 2.24) is 0 Å². The molecule has 0 atom stereocenters. The summed E-state index contributed by atoms with van der Waals surface area (Å²) in [6.07, 6.45) is 0. The Kier molecular flexibility index (Phi) is 5.18. The number of aromatic hydroxyl groups is 1. The number of ether oxygens (including phenoxy) is 2. The van der Waals surface area contributed by atoms with Crippen LogP contribution in [0.15, 0.2) is 84.9 Å². The molecule has 5 nitrogen and oxygen atoms in total. The number of carbonyl (C=O) groups excluding carboxylic acids is 2. The van der Waals surface area contributed by atoms with E-state index in [0.29, 0.717) is 17.1 Å². The maximum atomic E-state index is 13.1. The first-order chi connectivity index (χ1) is 14.6. The second-order valence-electron chi connectivity index (χ2n) is 6.65. The molecule has 30 heavy (non-hydrogen) atoms. The molecule has 0 saturated carbocycles. The summed E-state index contributed by atoms with van der Waals surface area (Å²) in [7, 11) is 1.48. The van der Waals surface area contributed by atoms with Crippen LogP contribution in [0.3, 0.4) is 0 Å². The van der Waals surface area contributed by atoms with Crippen molar-refractivity contribution < 1.29 is 24.2 Å². The van der Waals surface area contributed by atoms with Gasteiger partial charge in [0.2, 0.25) is 0 Å². The van der Waals surface area contributed by atoms with Gasteiger partial charge >= 0.3 is 5.97 Å². The Labute approximate surface area is 173 Å². The molecule has 0 aliphatic carbocycles. The molecule has 148 valence electrons. The van der Waals surface area contributed by atoms with Crippen molar-refractivity contribution >= 4 is 22.5 Å². The topological polar surface area (TPSA) is 72.8 Å². The van der Waals surface area contributed by atoms with Crippen LogP contribution in [0.2, 0.25) is 0 Å². The van der Waals surface area contributed by atoms with Gasteiger partial charge in [-0.2, -0.15) is 0 Å². The van der Waals surface area contributed by atoms with Gasteiger partial charge in [0.1, 0.15) is 17.2 Å². The molecular formula is C25H18O5. The lowest BCUT2D eigenvalue weighted by Gasteiger charge is -2.12. The summed E-state index contributed by atoms with van der Waals surface area (Å²) in [6.45, 7) is 0. The van der Waals surface area contributed by atoms with Crippen molar-refractivity contribution in [2.75, 3.05) is 7.11 Å². The predicted octanol–water partition coefficient (Wildman–Crippen LogP) is 5.00. The number of phenols is 1. The third-order valence-electron chi connectivity index (χ3n) is 4.77. The number of esters is 1. The van der Waals surface area contributed by atoms with Crippen LogP contribution in [0.4, 0.5) is 0 Å². The van der Waals surface area contributed by atoms with Crippen molar-refractivity contribution in [3.63, 3.8) is 0 Å². The van der Waals surface area contributed by atoms with Crippen LogP contribution >= 0.6 is 0 Å². The second kappa shape index (κ2) is 8.09. The van der Waals surface area contributed by atoms with Crippen LogP contribution in [-0.2, 0) is 0 Å². The molecule has 0 radical (unpaired) electrons. The molecule has 0 heterocycles. The number of hydrogen-bond acceptors (Lipinski definition) is 5. The van der Waals surface area contributed by atoms with Gasteiger partial charge in [0.15, 0.2) is 5.78 Å². The summed E-state index contributed by atoms with van der Waals surface area (Å²) in [4.78, 5) is 26.1. The third kappa shape index (κ3) is 3.73. The minimum absolute atomic E-state index is 0.0489. The summed E-state index contributed by atoms with van der Waals surface area (Å²) in [6, 6.07) is 23.5. The Balaban J connectivity index is 1.73. The van der Waals surface area contributed by atoms with E-state index in [1.165, 1.54) is 43.5 Å². The Morgan fingerprint density at radius 3 is 2.30 bits per heavy atom.